The van der Waals surface area contributed by atoms with Crippen molar-refractivity contribution in [3.05, 3.63) is 71.8 Å². The lowest BCUT2D eigenvalue weighted by atomic mass is 9.74. The molecule has 0 aliphatic rings. The monoisotopic (exact) mass is 620 g/mol. The zero-order valence-electron chi connectivity index (χ0n) is 28.4. The van der Waals surface area contributed by atoms with Crippen molar-refractivity contribution in [2.75, 3.05) is 0 Å². The molecule has 5 nitrogen and oxygen atoms in total. The maximum absolute atomic E-state index is 13.5. The first-order valence-electron chi connectivity index (χ1n) is 17.9. The van der Waals surface area contributed by atoms with Crippen molar-refractivity contribution in [3.63, 3.8) is 0 Å². The molecule has 45 heavy (non-hydrogen) atoms. The van der Waals surface area contributed by atoms with E-state index in [1.165, 1.54) is 38.5 Å². The van der Waals surface area contributed by atoms with E-state index in [9.17, 15) is 14.4 Å². The number of carbonyl (C=O) groups is 3. The third-order valence-electron chi connectivity index (χ3n) is 8.96. The van der Waals surface area contributed by atoms with Crippen LogP contribution < -0.4 is 0 Å². The Bertz CT molecular complexity index is 1050. The Kier molecular flexibility index (Phi) is 20.6. The summed E-state index contributed by atoms with van der Waals surface area (Å²) in [6, 6.07) is 19.5. The van der Waals surface area contributed by atoms with E-state index in [0.29, 0.717) is 25.9 Å². The van der Waals surface area contributed by atoms with Crippen molar-refractivity contribution in [3.8, 4) is 0 Å². The number of carbonyl (C=O) groups excluding carboxylic acids is 3. The van der Waals surface area contributed by atoms with Crippen LogP contribution >= 0.6 is 0 Å². The number of ketones is 1. The molecule has 0 saturated heterocycles. The molecule has 0 spiro atoms. The van der Waals surface area contributed by atoms with Gasteiger partial charge in [0.05, 0.1) is 0 Å². The molecule has 2 aromatic carbocycles. The second-order valence-electron chi connectivity index (χ2n) is 12.8. The molecule has 0 amide bonds. The Hall–Kier alpha value is -2.95. The van der Waals surface area contributed by atoms with Gasteiger partial charge in [0.15, 0.2) is 0 Å². The molecule has 1 unspecified atom stereocenters. The summed E-state index contributed by atoms with van der Waals surface area (Å²) in [4.78, 5) is 38.6. The average Bonchev–Trinajstić information content (AvgIpc) is 3.06. The van der Waals surface area contributed by atoms with Crippen LogP contribution in [0.2, 0.25) is 0 Å². The summed E-state index contributed by atoms with van der Waals surface area (Å²) >= 11 is 0. The lowest BCUT2D eigenvalue weighted by Crippen LogP contribution is -2.39. The van der Waals surface area contributed by atoms with Crippen LogP contribution in [0.4, 0.5) is 0 Å². The fraction of sp³-hybridized carbons (Fsp3) is 0.625. The highest BCUT2D eigenvalue weighted by Gasteiger charge is 2.43. The number of hydrogen-bond donors (Lipinski definition) is 0. The van der Waals surface area contributed by atoms with E-state index in [1.807, 2.05) is 60.7 Å². The highest BCUT2D eigenvalue weighted by atomic mass is 16.5. The van der Waals surface area contributed by atoms with Gasteiger partial charge in [0, 0.05) is 6.42 Å². The van der Waals surface area contributed by atoms with Gasteiger partial charge in [0.2, 0.25) is 0 Å². The molecule has 2 rings (SSSR count). The van der Waals surface area contributed by atoms with Gasteiger partial charge in [0.25, 0.3) is 0 Å². The predicted octanol–water partition coefficient (Wildman–Crippen LogP) is 10.9. The Balaban J connectivity index is 1.69. The van der Waals surface area contributed by atoms with E-state index in [1.54, 1.807) is 6.92 Å². The van der Waals surface area contributed by atoms with E-state index < -0.39 is 5.41 Å². The summed E-state index contributed by atoms with van der Waals surface area (Å²) in [5.41, 5.74) is 0.916. The largest absolute Gasteiger partial charge is 0.461 e. The van der Waals surface area contributed by atoms with Gasteiger partial charge in [-0.2, -0.15) is 0 Å². The number of esters is 2. The summed E-state index contributed by atoms with van der Waals surface area (Å²) < 4.78 is 11.1. The molecule has 250 valence electrons. The minimum absolute atomic E-state index is 0.0533. The van der Waals surface area contributed by atoms with E-state index in [0.717, 1.165) is 81.8 Å². The quantitative estimate of drug-likeness (QED) is 0.0564. The van der Waals surface area contributed by atoms with Gasteiger partial charge < -0.3 is 9.47 Å². The second kappa shape index (κ2) is 24.3. The Labute approximate surface area is 273 Å². The van der Waals surface area contributed by atoms with Gasteiger partial charge in [-0.25, -0.2) is 0 Å². The average molecular weight is 621 g/mol. The Morgan fingerprint density at radius 1 is 0.533 bits per heavy atom. The fourth-order valence-corrected chi connectivity index (χ4v) is 5.99. The summed E-state index contributed by atoms with van der Waals surface area (Å²) in [6.45, 7) is 4.37. The standard InChI is InChI=1S/C40H60O5/c1-3-4-5-6-7-9-12-15-24-31-40(35(2)41,39(43)45-34-37-28-21-18-22-29-37)32-25-16-13-10-8-11-14-23-30-38(42)44-33-36-26-19-17-20-27-36/h17-22,26-29H,3-16,23-25,30-34H2,1-2H3. The van der Waals surface area contributed by atoms with Crippen molar-refractivity contribution in [1.82, 2.24) is 0 Å². The van der Waals surface area contributed by atoms with Gasteiger partial charge in [-0.1, -0.05) is 170 Å². The van der Waals surface area contributed by atoms with Gasteiger partial charge in [-0.3, -0.25) is 14.4 Å². The van der Waals surface area contributed by atoms with Crippen molar-refractivity contribution in [2.45, 2.75) is 155 Å². The highest BCUT2D eigenvalue weighted by molar-refractivity contribution is 6.02. The third-order valence-corrected chi connectivity index (χ3v) is 8.96. The van der Waals surface area contributed by atoms with Crippen LogP contribution in [0.3, 0.4) is 0 Å². The van der Waals surface area contributed by atoms with Gasteiger partial charge in [0.1, 0.15) is 24.4 Å². The topological polar surface area (TPSA) is 69.7 Å². The molecule has 0 fully saturated rings. The lowest BCUT2D eigenvalue weighted by molar-refractivity contribution is -0.162. The Morgan fingerprint density at radius 3 is 1.38 bits per heavy atom. The zero-order valence-corrected chi connectivity index (χ0v) is 28.4. The smallest absolute Gasteiger partial charge is 0.319 e. The van der Waals surface area contributed by atoms with Crippen LogP contribution in [0.15, 0.2) is 60.7 Å². The molecule has 0 radical (unpaired) electrons. The van der Waals surface area contributed by atoms with E-state index in [-0.39, 0.29) is 24.3 Å². The highest BCUT2D eigenvalue weighted by Crippen LogP contribution is 2.35. The van der Waals surface area contributed by atoms with Crippen LogP contribution in [0, 0.1) is 5.41 Å². The van der Waals surface area contributed by atoms with E-state index in [2.05, 4.69) is 6.92 Å². The Morgan fingerprint density at radius 2 is 0.933 bits per heavy atom. The molecular formula is C40H60O5. The maximum atomic E-state index is 13.5. The molecule has 0 N–H and O–H groups in total. The summed E-state index contributed by atoms with van der Waals surface area (Å²) in [6.07, 6.45) is 20.6. The second-order valence-corrected chi connectivity index (χ2v) is 12.8. The molecule has 0 bridgehead atoms. The molecule has 0 aromatic heterocycles. The van der Waals surface area contributed by atoms with Crippen molar-refractivity contribution in [1.29, 1.82) is 0 Å². The number of rotatable bonds is 27. The molecule has 0 aliphatic carbocycles. The number of unbranched alkanes of at least 4 members (excludes halogenated alkanes) is 15. The zero-order chi connectivity index (χ0) is 32.4. The van der Waals surface area contributed by atoms with Crippen molar-refractivity contribution >= 4 is 17.7 Å². The molecular weight excluding hydrogens is 560 g/mol. The molecule has 5 heteroatoms. The molecule has 0 aliphatic heterocycles. The molecule has 1 atom stereocenters. The minimum atomic E-state index is -1.04. The number of Topliss-reactive ketones (excluding diaryl/α,β-unsaturated/α-hetero) is 1. The summed E-state index contributed by atoms with van der Waals surface area (Å²) in [7, 11) is 0. The van der Waals surface area contributed by atoms with E-state index >= 15 is 0 Å². The molecule has 0 saturated carbocycles. The van der Waals surface area contributed by atoms with Gasteiger partial charge in [-0.15, -0.1) is 0 Å². The van der Waals surface area contributed by atoms with Crippen molar-refractivity contribution < 1.29 is 23.9 Å². The maximum Gasteiger partial charge on any atom is 0.319 e. The fourth-order valence-electron chi connectivity index (χ4n) is 5.99. The lowest BCUT2D eigenvalue weighted by Gasteiger charge is -2.29. The predicted molar refractivity (Wildman–Crippen MR) is 184 cm³/mol. The van der Waals surface area contributed by atoms with E-state index in [4.69, 9.17) is 9.47 Å². The van der Waals surface area contributed by atoms with Crippen LogP contribution in [0.25, 0.3) is 0 Å². The number of ether oxygens (including phenoxy) is 2. The first-order valence-corrected chi connectivity index (χ1v) is 17.9. The SMILES string of the molecule is CCCCCCCCCCCC(CCCCCCCCCCC(=O)OCc1ccccc1)(C(C)=O)C(=O)OCc1ccccc1. The molecule has 2 aromatic rings. The normalized spacial score (nSPS) is 12.4. The van der Waals surface area contributed by atoms with Crippen molar-refractivity contribution in [2.24, 2.45) is 5.41 Å². The summed E-state index contributed by atoms with van der Waals surface area (Å²) in [5, 5.41) is 0. The van der Waals surface area contributed by atoms with Crippen LogP contribution in [0.1, 0.15) is 153 Å². The van der Waals surface area contributed by atoms with Crippen LogP contribution in [-0.4, -0.2) is 17.7 Å². The van der Waals surface area contributed by atoms with Crippen LogP contribution in [-0.2, 0) is 37.1 Å². The van der Waals surface area contributed by atoms with Crippen LogP contribution in [0.5, 0.6) is 0 Å². The third kappa shape index (κ3) is 16.8. The number of hydrogen-bond acceptors (Lipinski definition) is 5. The first-order chi connectivity index (χ1) is 22.0. The molecule has 0 heterocycles. The van der Waals surface area contributed by atoms with Gasteiger partial charge >= 0.3 is 11.9 Å². The first kappa shape index (κ1) is 38.2. The summed E-state index contributed by atoms with van der Waals surface area (Å²) in [5.74, 6) is -0.527. The minimum Gasteiger partial charge on any atom is -0.461 e. The number of benzene rings is 2. The van der Waals surface area contributed by atoms with Gasteiger partial charge in [-0.05, 0) is 37.3 Å².